The first-order chi connectivity index (χ1) is 17.2. The molecule has 37 heavy (non-hydrogen) atoms. The molecule has 1 amide bonds. The highest BCUT2D eigenvalue weighted by molar-refractivity contribution is 6.03. The van der Waals surface area contributed by atoms with Crippen LogP contribution < -0.4 is 21.2 Å². The highest BCUT2D eigenvalue weighted by atomic mass is 19.4. The molecule has 8 nitrogen and oxygen atoms in total. The number of halogens is 4. The molecular formula is C25H22F4N4O4. The number of pyridine rings is 2. The molecule has 0 bridgehead atoms. The van der Waals surface area contributed by atoms with E-state index in [4.69, 9.17) is 4.74 Å². The van der Waals surface area contributed by atoms with E-state index in [1.807, 2.05) is 0 Å². The van der Waals surface area contributed by atoms with Crippen molar-refractivity contribution >= 4 is 16.8 Å². The van der Waals surface area contributed by atoms with E-state index in [1.54, 1.807) is 19.2 Å². The lowest BCUT2D eigenvalue weighted by Gasteiger charge is -2.17. The molecule has 4 rings (SSSR count). The summed E-state index contributed by atoms with van der Waals surface area (Å²) in [6.45, 7) is 1.78. The number of aromatic nitrogens is 3. The van der Waals surface area contributed by atoms with Crippen LogP contribution in [-0.2, 0) is 14.1 Å². The zero-order valence-corrected chi connectivity index (χ0v) is 20.2. The monoisotopic (exact) mass is 518 g/mol. The number of aryl methyl sites for hydroxylation is 4. The minimum absolute atomic E-state index is 0.0436. The van der Waals surface area contributed by atoms with Crippen LogP contribution in [0.1, 0.15) is 21.6 Å². The highest BCUT2D eigenvalue weighted by Crippen LogP contribution is 2.38. The number of rotatable bonds is 5. The van der Waals surface area contributed by atoms with Crippen LogP contribution in [0.4, 0.5) is 17.6 Å². The van der Waals surface area contributed by atoms with Gasteiger partial charge < -0.3 is 24.2 Å². The molecule has 0 saturated heterocycles. The maximum atomic E-state index is 13.8. The van der Waals surface area contributed by atoms with Gasteiger partial charge in [-0.3, -0.25) is 14.4 Å². The van der Waals surface area contributed by atoms with Crippen LogP contribution in [0, 0.1) is 19.7 Å². The van der Waals surface area contributed by atoms with E-state index in [0.29, 0.717) is 22.4 Å². The number of hydrogen-bond acceptors (Lipinski definition) is 4. The average molecular weight is 518 g/mol. The number of carbonyl (C=O) groups excluding carboxylic acids is 1. The second-order valence-electron chi connectivity index (χ2n) is 8.70. The van der Waals surface area contributed by atoms with E-state index in [-0.39, 0.29) is 27.9 Å². The van der Waals surface area contributed by atoms with Crippen molar-refractivity contribution in [2.24, 2.45) is 14.1 Å². The Labute approximate surface area is 207 Å². The van der Waals surface area contributed by atoms with E-state index in [1.165, 1.54) is 59.9 Å². The zero-order chi connectivity index (χ0) is 27.2. The molecule has 2 N–H and O–H groups in total. The fraction of sp³-hybridized carbons (Fsp3) is 0.240. The van der Waals surface area contributed by atoms with Gasteiger partial charge in [-0.05, 0) is 43.2 Å². The summed E-state index contributed by atoms with van der Waals surface area (Å²) in [5, 5.41) is 1.96. The molecule has 0 aliphatic heterocycles. The number of hydrogen-bond donors (Lipinski definition) is 2. The van der Waals surface area contributed by atoms with Gasteiger partial charge in [-0.15, -0.1) is 0 Å². The Hall–Kier alpha value is -4.35. The molecule has 0 unspecified atom stereocenters. The molecular weight excluding hydrogens is 496 g/mol. The van der Waals surface area contributed by atoms with Crippen molar-refractivity contribution in [1.82, 2.24) is 19.4 Å². The summed E-state index contributed by atoms with van der Waals surface area (Å²) in [6.07, 6.45) is -1.75. The lowest BCUT2D eigenvalue weighted by atomic mass is 10.0. The van der Waals surface area contributed by atoms with Gasteiger partial charge in [-0.1, -0.05) is 0 Å². The fourth-order valence-corrected chi connectivity index (χ4v) is 4.01. The molecule has 4 aromatic rings. The van der Waals surface area contributed by atoms with Crippen LogP contribution in [0.5, 0.6) is 11.5 Å². The Morgan fingerprint density at radius 3 is 2.27 bits per heavy atom. The Balaban J connectivity index is 1.91. The van der Waals surface area contributed by atoms with Gasteiger partial charge in [-0.2, -0.15) is 13.2 Å². The Morgan fingerprint density at radius 1 is 1.00 bits per heavy atom. The largest absolute Gasteiger partial charge is 0.455 e. The first kappa shape index (κ1) is 25.7. The molecule has 0 radical (unpaired) electrons. The van der Waals surface area contributed by atoms with Gasteiger partial charge in [0.05, 0.1) is 6.20 Å². The molecule has 0 saturated carbocycles. The molecule has 0 fully saturated rings. The van der Waals surface area contributed by atoms with E-state index in [0.717, 1.165) is 0 Å². The van der Waals surface area contributed by atoms with Crippen LogP contribution in [0.25, 0.3) is 22.0 Å². The number of alkyl halides is 3. The van der Waals surface area contributed by atoms with Crippen molar-refractivity contribution in [3.8, 4) is 22.6 Å². The minimum Gasteiger partial charge on any atom is -0.455 e. The minimum atomic E-state index is -4.62. The SMILES string of the molecule is Cc1cc(F)cc(C)c1Oc1cn(C)c(=O)cc1-c1cn(C)c(=O)c2[nH]c(C(=O)NCC(F)(F)F)cc12. The smallest absolute Gasteiger partial charge is 0.405 e. The Kier molecular flexibility index (Phi) is 6.44. The number of nitrogens with zero attached hydrogens (tertiary/aromatic N) is 2. The third-order valence-electron chi connectivity index (χ3n) is 5.78. The standard InChI is InChI=1S/C25H22F4N4O4/c1-12-5-14(26)6-13(2)22(12)37-19-10-32(3)20(34)8-15(19)17-9-33(4)24(36)21-16(17)7-18(31-21)23(35)30-11-25(27,28)29/h5-10,31H,11H2,1-4H3,(H,30,35). The van der Waals surface area contributed by atoms with Gasteiger partial charge in [0.25, 0.3) is 17.0 Å². The van der Waals surface area contributed by atoms with Gasteiger partial charge in [0.1, 0.15) is 29.3 Å². The first-order valence-electron chi connectivity index (χ1n) is 11.0. The number of amides is 1. The van der Waals surface area contributed by atoms with E-state index >= 15 is 0 Å². The van der Waals surface area contributed by atoms with Crippen LogP contribution in [0.3, 0.4) is 0 Å². The van der Waals surface area contributed by atoms with Gasteiger partial charge in [0.2, 0.25) is 0 Å². The summed E-state index contributed by atoms with van der Waals surface area (Å²) in [7, 11) is 2.96. The summed E-state index contributed by atoms with van der Waals surface area (Å²) in [6, 6.07) is 5.12. The topological polar surface area (TPSA) is 98.1 Å². The van der Waals surface area contributed by atoms with E-state index in [9.17, 15) is 31.9 Å². The Morgan fingerprint density at radius 2 is 1.65 bits per heavy atom. The number of fused-ring (bicyclic) bond motifs is 1. The van der Waals surface area contributed by atoms with Gasteiger partial charge in [-0.25, -0.2) is 4.39 Å². The summed E-state index contributed by atoms with van der Waals surface area (Å²) in [5.74, 6) is -0.932. The number of ether oxygens (including phenoxy) is 1. The maximum absolute atomic E-state index is 13.8. The highest BCUT2D eigenvalue weighted by Gasteiger charge is 2.28. The fourth-order valence-electron chi connectivity index (χ4n) is 4.01. The van der Waals surface area contributed by atoms with Gasteiger partial charge in [0, 0.05) is 42.9 Å². The molecule has 0 spiro atoms. The molecule has 0 aliphatic rings. The summed E-state index contributed by atoms with van der Waals surface area (Å²) in [5.41, 5.74) is 0.335. The molecule has 12 heteroatoms. The van der Waals surface area contributed by atoms with Crippen molar-refractivity contribution in [2.75, 3.05) is 6.54 Å². The number of nitrogens with one attached hydrogen (secondary N) is 2. The third-order valence-corrected chi connectivity index (χ3v) is 5.78. The summed E-state index contributed by atoms with van der Waals surface area (Å²) in [4.78, 5) is 40.3. The average Bonchev–Trinajstić information content (AvgIpc) is 3.24. The van der Waals surface area contributed by atoms with E-state index in [2.05, 4.69) is 4.98 Å². The third kappa shape index (κ3) is 5.13. The quantitative estimate of drug-likeness (QED) is 0.389. The second-order valence-corrected chi connectivity index (χ2v) is 8.70. The predicted octanol–water partition coefficient (Wildman–Crippen LogP) is 4.07. The summed E-state index contributed by atoms with van der Waals surface area (Å²) < 4.78 is 60.1. The van der Waals surface area contributed by atoms with Gasteiger partial charge >= 0.3 is 6.18 Å². The van der Waals surface area contributed by atoms with Crippen LogP contribution in [0.15, 0.2) is 46.2 Å². The number of H-pyrrole nitrogens is 1. The Bertz CT molecular complexity index is 1640. The number of carbonyl (C=O) groups is 1. The van der Waals surface area contributed by atoms with Crippen LogP contribution >= 0.6 is 0 Å². The van der Waals surface area contributed by atoms with Crippen LogP contribution in [-0.4, -0.2) is 32.7 Å². The normalized spacial score (nSPS) is 11.7. The number of aromatic amines is 1. The van der Waals surface area contributed by atoms with E-state index < -0.39 is 35.6 Å². The second kappa shape index (κ2) is 9.26. The summed E-state index contributed by atoms with van der Waals surface area (Å²) >= 11 is 0. The predicted molar refractivity (Wildman–Crippen MR) is 129 cm³/mol. The molecule has 3 heterocycles. The van der Waals surface area contributed by atoms with Crippen molar-refractivity contribution in [3.63, 3.8) is 0 Å². The molecule has 0 atom stereocenters. The molecule has 0 aliphatic carbocycles. The maximum Gasteiger partial charge on any atom is 0.405 e. The van der Waals surface area contributed by atoms with Crippen molar-refractivity contribution < 1.29 is 27.1 Å². The van der Waals surface area contributed by atoms with Crippen molar-refractivity contribution in [1.29, 1.82) is 0 Å². The number of benzene rings is 1. The van der Waals surface area contributed by atoms with Gasteiger partial charge in [0.15, 0.2) is 5.75 Å². The zero-order valence-electron chi connectivity index (χ0n) is 20.2. The lowest BCUT2D eigenvalue weighted by molar-refractivity contribution is -0.123. The first-order valence-corrected chi connectivity index (χ1v) is 11.0. The van der Waals surface area contributed by atoms with Crippen molar-refractivity contribution in [3.05, 3.63) is 80.0 Å². The van der Waals surface area contributed by atoms with Crippen LogP contribution in [0.2, 0.25) is 0 Å². The van der Waals surface area contributed by atoms with Crippen molar-refractivity contribution in [2.45, 2.75) is 20.0 Å². The lowest BCUT2D eigenvalue weighted by Crippen LogP contribution is -2.33. The molecule has 3 aromatic heterocycles. The molecule has 1 aromatic carbocycles. The molecule has 194 valence electrons.